The van der Waals surface area contributed by atoms with Gasteiger partial charge in [-0.25, -0.2) is 0 Å². The van der Waals surface area contributed by atoms with E-state index in [4.69, 9.17) is 5.73 Å². The summed E-state index contributed by atoms with van der Waals surface area (Å²) in [6.45, 7) is 7.74. The number of rotatable bonds is 6. The fourth-order valence-corrected chi connectivity index (χ4v) is 3.09. The van der Waals surface area contributed by atoms with Crippen LogP contribution < -0.4 is 11.1 Å². The van der Waals surface area contributed by atoms with E-state index < -0.39 is 0 Å². The zero-order valence-electron chi connectivity index (χ0n) is 11.9. The van der Waals surface area contributed by atoms with Gasteiger partial charge in [0.1, 0.15) is 0 Å². The lowest BCUT2D eigenvalue weighted by Crippen LogP contribution is -2.47. The highest BCUT2D eigenvalue weighted by atomic mass is 32.2. The molecule has 0 spiro atoms. The van der Waals surface area contributed by atoms with Gasteiger partial charge in [0, 0.05) is 30.3 Å². The van der Waals surface area contributed by atoms with Gasteiger partial charge in [-0.1, -0.05) is 0 Å². The molecule has 18 heavy (non-hydrogen) atoms. The maximum Gasteiger partial charge on any atom is 0.221 e. The number of hydrogen-bond donors (Lipinski definition) is 2. The molecule has 0 bridgehead atoms. The van der Waals surface area contributed by atoms with E-state index in [1.54, 1.807) is 0 Å². The van der Waals surface area contributed by atoms with Gasteiger partial charge in [-0.3, -0.25) is 4.79 Å². The highest BCUT2D eigenvalue weighted by molar-refractivity contribution is 8.00. The average molecular weight is 273 g/mol. The van der Waals surface area contributed by atoms with E-state index in [-0.39, 0.29) is 16.7 Å². The number of hydrogen-bond acceptors (Lipinski definition) is 4. The number of likely N-dealkylation sites (tertiary alicyclic amines) is 1. The molecule has 0 atom stereocenters. The minimum atomic E-state index is 0.158. The van der Waals surface area contributed by atoms with E-state index in [2.05, 4.69) is 16.5 Å². The molecule has 106 valence electrons. The van der Waals surface area contributed by atoms with Crippen LogP contribution in [0.1, 0.15) is 33.1 Å². The summed E-state index contributed by atoms with van der Waals surface area (Å²) in [6.07, 6.45) is 5.03. The molecule has 0 unspecified atom stereocenters. The Balaban J connectivity index is 2.25. The van der Waals surface area contributed by atoms with Crippen molar-refractivity contribution in [1.29, 1.82) is 0 Å². The normalized spacial score (nSPS) is 20.1. The Bertz CT molecular complexity index is 257. The molecule has 0 aromatic heterocycles. The minimum Gasteiger partial charge on any atom is -0.354 e. The predicted octanol–water partition coefficient (Wildman–Crippen LogP) is 1.06. The zero-order valence-corrected chi connectivity index (χ0v) is 12.7. The number of carbonyl (C=O) groups excluding carboxylic acids is 1. The lowest BCUT2D eigenvalue weighted by atomic mass is 9.95. The molecule has 1 aliphatic heterocycles. The van der Waals surface area contributed by atoms with Gasteiger partial charge in [-0.2, -0.15) is 11.8 Å². The number of piperidine rings is 1. The van der Waals surface area contributed by atoms with E-state index in [9.17, 15) is 4.79 Å². The van der Waals surface area contributed by atoms with Crippen LogP contribution in [0.5, 0.6) is 0 Å². The van der Waals surface area contributed by atoms with E-state index >= 15 is 0 Å². The van der Waals surface area contributed by atoms with Crippen LogP contribution in [-0.2, 0) is 4.79 Å². The molecule has 1 rings (SSSR count). The van der Waals surface area contributed by atoms with E-state index in [1.807, 2.05) is 25.6 Å². The Kier molecular flexibility index (Phi) is 6.46. The summed E-state index contributed by atoms with van der Waals surface area (Å²) >= 11 is 1.90. The first-order chi connectivity index (χ1) is 8.51. The van der Waals surface area contributed by atoms with Crippen molar-refractivity contribution >= 4 is 17.7 Å². The van der Waals surface area contributed by atoms with Crippen LogP contribution >= 0.6 is 11.8 Å². The largest absolute Gasteiger partial charge is 0.354 e. The summed E-state index contributed by atoms with van der Waals surface area (Å²) in [6, 6.07) is 0.236. The first-order valence-corrected chi connectivity index (χ1v) is 8.01. The minimum absolute atomic E-state index is 0.158. The molecule has 4 nitrogen and oxygen atoms in total. The quantitative estimate of drug-likeness (QED) is 0.760. The Hall–Kier alpha value is -0.260. The van der Waals surface area contributed by atoms with Gasteiger partial charge in [0.25, 0.3) is 0 Å². The average Bonchev–Trinajstić information content (AvgIpc) is 2.36. The van der Waals surface area contributed by atoms with Crippen LogP contribution in [0.2, 0.25) is 0 Å². The summed E-state index contributed by atoms with van der Waals surface area (Å²) in [7, 11) is 0. The van der Waals surface area contributed by atoms with Crippen molar-refractivity contribution in [1.82, 2.24) is 10.2 Å². The van der Waals surface area contributed by atoms with Crippen LogP contribution in [0.15, 0.2) is 0 Å². The lowest BCUT2D eigenvalue weighted by molar-refractivity contribution is -0.121. The molecule has 0 aliphatic carbocycles. The van der Waals surface area contributed by atoms with Crippen molar-refractivity contribution in [3.05, 3.63) is 0 Å². The molecule has 0 aromatic carbocycles. The third kappa shape index (κ3) is 4.78. The highest BCUT2D eigenvalue weighted by Gasteiger charge is 2.32. The van der Waals surface area contributed by atoms with E-state index in [0.29, 0.717) is 6.42 Å². The van der Waals surface area contributed by atoms with Crippen LogP contribution in [0.25, 0.3) is 0 Å². The van der Waals surface area contributed by atoms with Gasteiger partial charge < -0.3 is 16.0 Å². The zero-order chi connectivity index (χ0) is 13.6. The second-order valence-electron chi connectivity index (χ2n) is 5.41. The van der Waals surface area contributed by atoms with Crippen molar-refractivity contribution < 1.29 is 4.79 Å². The number of amides is 1. The molecule has 0 aromatic rings. The summed E-state index contributed by atoms with van der Waals surface area (Å²) in [5.74, 6) is 0.158. The van der Waals surface area contributed by atoms with E-state index in [0.717, 1.165) is 39.0 Å². The molecular formula is C13H27N3OS. The Morgan fingerprint density at radius 2 is 2.06 bits per heavy atom. The second kappa shape index (κ2) is 7.36. The Labute approximate surface area is 115 Å². The fourth-order valence-electron chi connectivity index (χ4n) is 2.33. The molecule has 0 saturated carbocycles. The number of carbonyl (C=O) groups is 1. The van der Waals surface area contributed by atoms with Crippen molar-refractivity contribution in [3.63, 3.8) is 0 Å². The second-order valence-corrected chi connectivity index (χ2v) is 6.68. The van der Waals surface area contributed by atoms with Crippen molar-refractivity contribution in [2.24, 2.45) is 5.73 Å². The van der Waals surface area contributed by atoms with Gasteiger partial charge in [-0.05, 0) is 46.0 Å². The van der Waals surface area contributed by atoms with Gasteiger partial charge >= 0.3 is 0 Å². The van der Waals surface area contributed by atoms with Crippen molar-refractivity contribution in [3.8, 4) is 0 Å². The molecule has 5 heteroatoms. The Morgan fingerprint density at radius 1 is 1.44 bits per heavy atom. The number of nitrogens with two attached hydrogens (primary N) is 1. The summed E-state index contributed by atoms with van der Waals surface area (Å²) < 4.78 is 0.274. The first kappa shape index (κ1) is 15.8. The third-order valence-corrected chi connectivity index (χ3v) is 5.12. The van der Waals surface area contributed by atoms with Gasteiger partial charge in [0.2, 0.25) is 5.91 Å². The molecule has 3 N–H and O–H groups in total. The topological polar surface area (TPSA) is 58.4 Å². The SMILES string of the molecule is CSC1(CN)CCN(CCC(=O)NC(C)C)CC1. The van der Waals surface area contributed by atoms with Crippen molar-refractivity contribution in [2.45, 2.75) is 43.9 Å². The standard InChI is InChI=1S/C13H27N3OS/c1-11(2)15-12(17)4-7-16-8-5-13(10-14,18-3)6-9-16/h11H,4-10,14H2,1-3H3,(H,15,17). The molecule has 1 fully saturated rings. The van der Waals surface area contributed by atoms with Gasteiger partial charge in [0.05, 0.1) is 0 Å². The van der Waals surface area contributed by atoms with Crippen LogP contribution in [0, 0.1) is 0 Å². The molecule has 1 aliphatic rings. The maximum atomic E-state index is 11.6. The number of nitrogens with zero attached hydrogens (tertiary/aromatic N) is 1. The summed E-state index contributed by atoms with van der Waals surface area (Å²) in [5, 5.41) is 2.93. The predicted molar refractivity (Wildman–Crippen MR) is 78.9 cm³/mol. The molecule has 1 amide bonds. The number of nitrogens with one attached hydrogen (secondary N) is 1. The van der Waals surface area contributed by atoms with E-state index in [1.165, 1.54) is 0 Å². The van der Waals surface area contributed by atoms with Crippen LogP contribution in [0.3, 0.4) is 0 Å². The van der Waals surface area contributed by atoms with Crippen LogP contribution in [-0.4, -0.2) is 54.0 Å². The molecule has 1 saturated heterocycles. The monoisotopic (exact) mass is 273 g/mol. The maximum absolute atomic E-state index is 11.6. The smallest absolute Gasteiger partial charge is 0.221 e. The van der Waals surface area contributed by atoms with Crippen LogP contribution in [0.4, 0.5) is 0 Å². The molecular weight excluding hydrogens is 246 g/mol. The fraction of sp³-hybridized carbons (Fsp3) is 0.923. The first-order valence-electron chi connectivity index (χ1n) is 6.78. The summed E-state index contributed by atoms with van der Waals surface area (Å²) in [5.41, 5.74) is 5.87. The Morgan fingerprint density at radius 3 is 2.50 bits per heavy atom. The summed E-state index contributed by atoms with van der Waals surface area (Å²) in [4.78, 5) is 14.0. The van der Waals surface area contributed by atoms with Gasteiger partial charge in [0.15, 0.2) is 0 Å². The molecule has 1 heterocycles. The highest BCUT2D eigenvalue weighted by Crippen LogP contribution is 2.33. The lowest BCUT2D eigenvalue weighted by Gasteiger charge is -2.40. The number of thioether (sulfide) groups is 1. The molecule has 0 radical (unpaired) electrons. The van der Waals surface area contributed by atoms with Crippen molar-refractivity contribution in [2.75, 3.05) is 32.4 Å². The van der Waals surface area contributed by atoms with Gasteiger partial charge in [-0.15, -0.1) is 0 Å². The third-order valence-electron chi connectivity index (χ3n) is 3.68.